The van der Waals surface area contributed by atoms with Crippen molar-refractivity contribution in [1.29, 1.82) is 0 Å². The van der Waals surface area contributed by atoms with Gasteiger partial charge in [0.1, 0.15) is 0 Å². The summed E-state index contributed by atoms with van der Waals surface area (Å²) in [4.78, 5) is 23.3. The van der Waals surface area contributed by atoms with Gasteiger partial charge in [-0.05, 0) is 30.5 Å². The second kappa shape index (κ2) is 8.32. The van der Waals surface area contributed by atoms with Crippen molar-refractivity contribution in [3.8, 4) is 0 Å². The number of nitrogens with one attached hydrogen (secondary N) is 2. The van der Waals surface area contributed by atoms with Crippen molar-refractivity contribution in [2.75, 3.05) is 11.9 Å². The summed E-state index contributed by atoms with van der Waals surface area (Å²) < 4.78 is 0. The fraction of sp³-hybridized carbons (Fsp3) is 0.467. The Hall–Kier alpha value is -1.88. The molecule has 0 radical (unpaired) electrons. The monoisotopic (exact) mass is 277 g/mol. The van der Waals surface area contributed by atoms with Crippen molar-refractivity contribution >= 4 is 17.5 Å². The van der Waals surface area contributed by atoms with E-state index < -0.39 is 6.04 Å². The summed E-state index contributed by atoms with van der Waals surface area (Å²) in [6, 6.07) is 7.09. The SMILES string of the molecule is CCCC(N)C(=O)NCC(=O)Nc1cccc(CC)c1. The van der Waals surface area contributed by atoms with Crippen LogP contribution >= 0.6 is 0 Å². The molecule has 0 spiro atoms. The fourth-order valence-electron chi connectivity index (χ4n) is 1.81. The van der Waals surface area contributed by atoms with Gasteiger partial charge in [-0.15, -0.1) is 0 Å². The predicted molar refractivity (Wildman–Crippen MR) is 80.3 cm³/mol. The van der Waals surface area contributed by atoms with Gasteiger partial charge in [0.25, 0.3) is 0 Å². The number of nitrogens with two attached hydrogens (primary N) is 1. The lowest BCUT2D eigenvalue weighted by molar-refractivity contribution is -0.125. The van der Waals surface area contributed by atoms with Crippen LogP contribution in [-0.4, -0.2) is 24.4 Å². The maximum absolute atomic E-state index is 11.7. The summed E-state index contributed by atoms with van der Waals surface area (Å²) in [6.45, 7) is 3.95. The first-order valence-corrected chi connectivity index (χ1v) is 6.98. The van der Waals surface area contributed by atoms with Crippen LogP contribution in [0.5, 0.6) is 0 Å². The molecule has 0 aliphatic rings. The molecular formula is C15H23N3O2. The molecule has 20 heavy (non-hydrogen) atoms. The van der Waals surface area contributed by atoms with Crippen LogP contribution in [0.2, 0.25) is 0 Å². The van der Waals surface area contributed by atoms with Crippen LogP contribution < -0.4 is 16.4 Å². The van der Waals surface area contributed by atoms with E-state index in [9.17, 15) is 9.59 Å². The second-order valence-corrected chi connectivity index (χ2v) is 4.72. The molecule has 1 rings (SSSR count). The lowest BCUT2D eigenvalue weighted by Gasteiger charge is -2.11. The van der Waals surface area contributed by atoms with E-state index in [1.807, 2.05) is 31.2 Å². The van der Waals surface area contributed by atoms with Crippen LogP contribution in [0.15, 0.2) is 24.3 Å². The first-order valence-electron chi connectivity index (χ1n) is 6.98. The normalized spacial score (nSPS) is 11.8. The summed E-state index contributed by atoms with van der Waals surface area (Å²) in [5.41, 5.74) is 7.55. The maximum Gasteiger partial charge on any atom is 0.243 e. The summed E-state index contributed by atoms with van der Waals surface area (Å²) in [7, 11) is 0. The molecule has 0 saturated heterocycles. The molecule has 0 fully saturated rings. The molecule has 0 aromatic heterocycles. The highest BCUT2D eigenvalue weighted by Gasteiger charge is 2.13. The number of benzene rings is 1. The molecule has 0 heterocycles. The highest BCUT2D eigenvalue weighted by molar-refractivity contribution is 5.95. The number of carbonyl (C=O) groups excluding carboxylic acids is 2. The van der Waals surface area contributed by atoms with Crippen LogP contribution in [0.3, 0.4) is 0 Å². The number of carbonyl (C=O) groups is 2. The number of hydrogen-bond donors (Lipinski definition) is 3. The van der Waals surface area contributed by atoms with Gasteiger partial charge in [-0.1, -0.05) is 32.4 Å². The Morgan fingerprint density at radius 3 is 2.70 bits per heavy atom. The average molecular weight is 277 g/mol. The highest BCUT2D eigenvalue weighted by atomic mass is 16.2. The Bertz CT molecular complexity index is 460. The molecular weight excluding hydrogens is 254 g/mol. The third kappa shape index (κ3) is 5.40. The van der Waals surface area contributed by atoms with E-state index in [1.165, 1.54) is 0 Å². The molecule has 0 saturated carbocycles. The first kappa shape index (κ1) is 16.2. The summed E-state index contributed by atoms with van der Waals surface area (Å²) in [6.07, 6.45) is 2.36. The van der Waals surface area contributed by atoms with Crippen LogP contribution in [0.1, 0.15) is 32.3 Å². The van der Waals surface area contributed by atoms with Gasteiger partial charge in [0.05, 0.1) is 12.6 Å². The highest BCUT2D eigenvalue weighted by Crippen LogP contribution is 2.10. The number of anilines is 1. The van der Waals surface area contributed by atoms with Crippen LogP contribution in [0, 0.1) is 0 Å². The van der Waals surface area contributed by atoms with Crippen molar-refractivity contribution in [3.63, 3.8) is 0 Å². The minimum absolute atomic E-state index is 0.0629. The Morgan fingerprint density at radius 1 is 1.30 bits per heavy atom. The van der Waals surface area contributed by atoms with Crippen molar-refractivity contribution in [2.45, 2.75) is 39.2 Å². The summed E-state index contributed by atoms with van der Waals surface area (Å²) >= 11 is 0. The van der Waals surface area contributed by atoms with Gasteiger partial charge in [0, 0.05) is 5.69 Å². The van der Waals surface area contributed by atoms with E-state index in [2.05, 4.69) is 17.6 Å². The first-order chi connectivity index (χ1) is 9.56. The molecule has 4 N–H and O–H groups in total. The van der Waals surface area contributed by atoms with Gasteiger partial charge < -0.3 is 16.4 Å². The molecule has 110 valence electrons. The molecule has 1 aromatic rings. The number of hydrogen-bond acceptors (Lipinski definition) is 3. The smallest absolute Gasteiger partial charge is 0.243 e. The van der Waals surface area contributed by atoms with Gasteiger partial charge in [0.15, 0.2) is 0 Å². The predicted octanol–water partition coefficient (Wildman–Crippen LogP) is 1.43. The van der Waals surface area contributed by atoms with Crippen LogP contribution in [0.4, 0.5) is 5.69 Å². The zero-order valence-electron chi connectivity index (χ0n) is 12.1. The molecule has 1 atom stereocenters. The average Bonchev–Trinajstić information content (AvgIpc) is 2.45. The standard InChI is InChI=1S/C15H23N3O2/c1-3-6-13(16)15(20)17-10-14(19)18-12-8-5-7-11(4-2)9-12/h5,7-9,13H,3-4,6,10,16H2,1-2H3,(H,17,20)(H,18,19). The number of rotatable bonds is 7. The number of aryl methyl sites for hydroxylation is 1. The van der Waals surface area contributed by atoms with E-state index in [0.29, 0.717) is 6.42 Å². The van der Waals surface area contributed by atoms with Crippen molar-refractivity contribution in [1.82, 2.24) is 5.32 Å². The fourth-order valence-corrected chi connectivity index (χ4v) is 1.81. The van der Waals surface area contributed by atoms with E-state index >= 15 is 0 Å². The van der Waals surface area contributed by atoms with E-state index in [1.54, 1.807) is 0 Å². The van der Waals surface area contributed by atoms with Gasteiger partial charge >= 0.3 is 0 Å². The topological polar surface area (TPSA) is 84.2 Å². The third-order valence-electron chi connectivity index (χ3n) is 2.98. The zero-order valence-corrected chi connectivity index (χ0v) is 12.1. The Balaban J connectivity index is 2.41. The van der Waals surface area contributed by atoms with Gasteiger partial charge in [-0.25, -0.2) is 0 Å². The van der Waals surface area contributed by atoms with Crippen molar-refractivity contribution < 1.29 is 9.59 Å². The maximum atomic E-state index is 11.7. The van der Waals surface area contributed by atoms with Gasteiger partial charge in [-0.2, -0.15) is 0 Å². The third-order valence-corrected chi connectivity index (χ3v) is 2.98. The molecule has 1 aromatic carbocycles. The Labute approximate surface area is 119 Å². The van der Waals surface area contributed by atoms with Gasteiger partial charge in [0.2, 0.25) is 11.8 Å². The van der Waals surface area contributed by atoms with E-state index in [4.69, 9.17) is 5.73 Å². The van der Waals surface area contributed by atoms with Crippen LogP contribution in [0.25, 0.3) is 0 Å². The van der Waals surface area contributed by atoms with Gasteiger partial charge in [-0.3, -0.25) is 9.59 Å². The minimum Gasteiger partial charge on any atom is -0.346 e. The largest absolute Gasteiger partial charge is 0.346 e. The lowest BCUT2D eigenvalue weighted by atomic mass is 10.1. The van der Waals surface area contributed by atoms with E-state index in [0.717, 1.165) is 24.1 Å². The molecule has 5 heteroatoms. The molecule has 0 aliphatic heterocycles. The summed E-state index contributed by atoms with van der Waals surface area (Å²) in [5, 5.41) is 5.29. The molecule has 1 unspecified atom stereocenters. The quantitative estimate of drug-likeness (QED) is 0.705. The molecule has 5 nitrogen and oxygen atoms in total. The zero-order chi connectivity index (χ0) is 15.0. The Kier molecular flexibility index (Phi) is 6.73. The minimum atomic E-state index is -0.545. The summed E-state index contributed by atoms with van der Waals surface area (Å²) in [5.74, 6) is -0.542. The Morgan fingerprint density at radius 2 is 2.05 bits per heavy atom. The van der Waals surface area contributed by atoms with Crippen molar-refractivity contribution in [3.05, 3.63) is 29.8 Å². The van der Waals surface area contributed by atoms with Crippen LogP contribution in [-0.2, 0) is 16.0 Å². The number of amides is 2. The molecule has 2 amide bonds. The van der Waals surface area contributed by atoms with E-state index in [-0.39, 0.29) is 18.4 Å². The second-order valence-electron chi connectivity index (χ2n) is 4.72. The van der Waals surface area contributed by atoms with Crippen molar-refractivity contribution in [2.24, 2.45) is 5.73 Å². The molecule has 0 bridgehead atoms. The molecule has 0 aliphatic carbocycles. The lowest BCUT2D eigenvalue weighted by Crippen LogP contribution is -2.43.